The smallest absolute Gasteiger partial charge is 0.239 e. The maximum Gasteiger partial charge on any atom is 0.239 e. The summed E-state index contributed by atoms with van der Waals surface area (Å²) in [6.07, 6.45) is 3.96. The summed E-state index contributed by atoms with van der Waals surface area (Å²) in [5.41, 5.74) is 2.75. The van der Waals surface area contributed by atoms with Gasteiger partial charge in [0.1, 0.15) is 5.65 Å². The van der Waals surface area contributed by atoms with Gasteiger partial charge in [-0.1, -0.05) is 0 Å². The minimum Gasteiger partial charge on any atom is -0.351 e. The van der Waals surface area contributed by atoms with E-state index in [0.717, 1.165) is 11.3 Å². The van der Waals surface area contributed by atoms with Crippen LogP contribution in [0.3, 0.4) is 0 Å². The summed E-state index contributed by atoms with van der Waals surface area (Å²) in [4.78, 5) is 20.5. The van der Waals surface area contributed by atoms with Crippen LogP contribution >= 0.6 is 24.0 Å². The monoisotopic (exact) mass is 458 g/mol. The molecule has 0 fully saturated rings. The number of fused-ring (bicyclic) bond motifs is 1. The van der Waals surface area contributed by atoms with Crippen molar-refractivity contribution in [2.24, 2.45) is 4.99 Å². The highest BCUT2D eigenvalue weighted by Crippen LogP contribution is 2.07. The Morgan fingerprint density at radius 3 is 2.68 bits per heavy atom. The van der Waals surface area contributed by atoms with Crippen LogP contribution in [0, 0.1) is 6.92 Å². The zero-order chi connectivity index (χ0) is 17.7. The van der Waals surface area contributed by atoms with Crippen molar-refractivity contribution in [3.05, 3.63) is 35.8 Å². The van der Waals surface area contributed by atoms with Crippen LogP contribution < -0.4 is 16.0 Å². The van der Waals surface area contributed by atoms with E-state index in [-0.39, 0.29) is 42.0 Å². The second kappa shape index (κ2) is 9.02. The molecule has 0 aromatic carbocycles. The van der Waals surface area contributed by atoms with Gasteiger partial charge in [-0.2, -0.15) is 0 Å². The molecule has 2 aromatic rings. The Hall–Kier alpha value is -1.84. The number of imidazole rings is 1. The number of hydrogen-bond acceptors (Lipinski definition) is 3. The molecule has 0 saturated carbocycles. The number of carbonyl (C=O) groups excluding carboxylic acids is 1. The number of hydrogen-bond donors (Lipinski definition) is 3. The molecule has 2 heterocycles. The molecule has 0 saturated heterocycles. The van der Waals surface area contributed by atoms with Crippen LogP contribution in [-0.4, -0.2) is 40.4 Å². The van der Waals surface area contributed by atoms with Crippen LogP contribution in [-0.2, 0) is 11.3 Å². The van der Waals surface area contributed by atoms with E-state index in [2.05, 4.69) is 25.9 Å². The summed E-state index contributed by atoms with van der Waals surface area (Å²) in [5.74, 6) is 0.487. The van der Waals surface area contributed by atoms with Gasteiger partial charge in [0.25, 0.3) is 0 Å². The highest BCUT2D eigenvalue weighted by molar-refractivity contribution is 14.0. The van der Waals surface area contributed by atoms with E-state index in [4.69, 9.17) is 0 Å². The Kier molecular flexibility index (Phi) is 7.65. The standard InChI is InChI=1S/C17H26N6O.HI/c1-12-6-7-23-11-13(21-14(23)8-12)9-19-16(18-5)20-10-15(24)22-17(2,3)4;/h6-8,11H,9-10H2,1-5H3,(H,22,24)(H2,18,19,20);1H. The highest BCUT2D eigenvalue weighted by Gasteiger charge is 2.13. The van der Waals surface area contributed by atoms with Gasteiger partial charge in [-0.3, -0.25) is 9.79 Å². The molecule has 0 aliphatic heterocycles. The lowest BCUT2D eigenvalue weighted by Gasteiger charge is -2.21. The number of aromatic nitrogens is 2. The second-order valence-corrected chi connectivity index (χ2v) is 6.78. The molecule has 0 atom stereocenters. The van der Waals surface area contributed by atoms with E-state index in [1.807, 2.05) is 56.6 Å². The number of guanidine groups is 1. The lowest BCUT2D eigenvalue weighted by atomic mass is 10.1. The van der Waals surface area contributed by atoms with Crippen molar-refractivity contribution in [1.82, 2.24) is 25.3 Å². The molecule has 138 valence electrons. The maximum atomic E-state index is 11.8. The summed E-state index contributed by atoms with van der Waals surface area (Å²) in [6, 6.07) is 4.08. The Bertz CT molecular complexity index is 747. The maximum absolute atomic E-state index is 11.8. The molecule has 25 heavy (non-hydrogen) atoms. The molecule has 0 bridgehead atoms. The number of nitrogens with one attached hydrogen (secondary N) is 3. The zero-order valence-electron chi connectivity index (χ0n) is 15.4. The number of aliphatic imine (C=N–C) groups is 1. The van der Waals surface area contributed by atoms with Gasteiger partial charge in [0.05, 0.1) is 18.8 Å². The van der Waals surface area contributed by atoms with E-state index in [1.54, 1.807) is 7.05 Å². The van der Waals surface area contributed by atoms with E-state index >= 15 is 0 Å². The van der Waals surface area contributed by atoms with Crippen LogP contribution in [0.15, 0.2) is 29.5 Å². The van der Waals surface area contributed by atoms with Gasteiger partial charge in [-0.25, -0.2) is 4.98 Å². The van der Waals surface area contributed by atoms with Crippen molar-refractivity contribution >= 4 is 41.5 Å². The number of pyridine rings is 1. The molecule has 2 rings (SSSR count). The Morgan fingerprint density at radius 2 is 2.04 bits per heavy atom. The predicted molar refractivity (Wildman–Crippen MR) is 111 cm³/mol. The average Bonchev–Trinajstić information content (AvgIpc) is 2.87. The Morgan fingerprint density at radius 1 is 1.32 bits per heavy atom. The molecule has 0 unspecified atom stereocenters. The van der Waals surface area contributed by atoms with Gasteiger partial charge >= 0.3 is 0 Å². The third-order valence-electron chi connectivity index (χ3n) is 3.26. The lowest BCUT2D eigenvalue weighted by molar-refractivity contribution is -0.121. The van der Waals surface area contributed by atoms with Crippen molar-refractivity contribution in [2.45, 2.75) is 39.8 Å². The van der Waals surface area contributed by atoms with Crippen LogP contribution in [0.5, 0.6) is 0 Å². The molecule has 0 radical (unpaired) electrons. The molecule has 2 aromatic heterocycles. The largest absolute Gasteiger partial charge is 0.351 e. The minimum atomic E-state index is -0.246. The van der Waals surface area contributed by atoms with Gasteiger partial charge in [-0.15, -0.1) is 24.0 Å². The summed E-state index contributed by atoms with van der Waals surface area (Å²) in [6.45, 7) is 8.58. The topological polar surface area (TPSA) is 82.8 Å². The van der Waals surface area contributed by atoms with E-state index in [0.29, 0.717) is 12.5 Å². The van der Waals surface area contributed by atoms with E-state index < -0.39 is 0 Å². The first-order valence-corrected chi connectivity index (χ1v) is 7.96. The SMILES string of the molecule is CN=C(NCC(=O)NC(C)(C)C)NCc1cn2ccc(C)cc2n1.I. The highest BCUT2D eigenvalue weighted by atomic mass is 127. The third kappa shape index (κ3) is 6.89. The van der Waals surface area contributed by atoms with E-state index in [1.165, 1.54) is 5.56 Å². The van der Waals surface area contributed by atoms with Gasteiger partial charge in [-0.05, 0) is 45.4 Å². The number of rotatable bonds is 4. The number of halogens is 1. The molecule has 1 amide bonds. The third-order valence-corrected chi connectivity index (χ3v) is 3.26. The van der Waals surface area contributed by atoms with Crippen LogP contribution in [0.25, 0.3) is 5.65 Å². The second-order valence-electron chi connectivity index (χ2n) is 6.78. The van der Waals surface area contributed by atoms with Crippen molar-refractivity contribution in [2.75, 3.05) is 13.6 Å². The fraction of sp³-hybridized carbons (Fsp3) is 0.471. The Labute approximate surface area is 165 Å². The predicted octanol–water partition coefficient (Wildman–Crippen LogP) is 1.84. The summed E-state index contributed by atoms with van der Waals surface area (Å²) in [5, 5.41) is 9.06. The molecular weight excluding hydrogens is 431 g/mol. The number of carbonyl (C=O) groups is 1. The summed E-state index contributed by atoms with van der Waals surface area (Å²) in [7, 11) is 1.67. The minimum absolute atomic E-state index is 0. The van der Waals surface area contributed by atoms with Crippen LogP contribution in [0.4, 0.5) is 0 Å². The van der Waals surface area contributed by atoms with E-state index in [9.17, 15) is 4.79 Å². The number of amides is 1. The normalized spacial score (nSPS) is 11.8. The number of aryl methyl sites for hydroxylation is 1. The van der Waals surface area contributed by atoms with Crippen LogP contribution in [0.2, 0.25) is 0 Å². The first kappa shape index (κ1) is 21.2. The molecule has 7 nitrogen and oxygen atoms in total. The van der Waals surface area contributed by atoms with Crippen molar-refractivity contribution in [3.8, 4) is 0 Å². The molecule has 0 spiro atoms. The van der Waals surface area contributed by atoms with Crippen molar-refractivity contribution in [3.63, 3.8) is 0 Å². The van der Waals surface area contributed by atoms with Crippen LogP contribution in [0.1, 0.15) is 32.0 Å². The first-order valence-electron chi connectivity index (χ1n) is 7.96. The molecule has 0 aliphatic rings. The Balaban J connectivity index is 0.00000312. The average molecular weight is 458 g/mol. The van der Waals surface area contributed by atoms with Gasteiger partial charge in [0.2, 0.25) is 5.91 Å². The first-order chi connectivity index (χ1) is 11.3. The summed E-state index contributed by atoms with van der Waals surface area (Å²) >= 11 is 0. The van der Waals surface area contributed by atoms with Crippen molar-refractivity contribution in [1.29, 1.82) is 0 Å². The quantitative estimate of drug-likeness (QED) is 0.371. The van der Waals surface area contributed by atoms with Gasteiger partial charge in [0, 0.05) is 25.0 Å². The molecule has 8 heteroatoms. The fourth-order valence-electron chi connectivity index (χ4n) is 2.24. The summed E-state index contributed by atoms with van der Waals surface area (Å²) < 4.78 is 1.98. The lowest BCUT2D eigenvalue weighted by Crippen LogP contribution is -2.48. The molecule has 0 aliphatic carbocycles. The fourth-order valence-corrected chi connectivity index (χ4v) is 2.24. The molecular formula is C17H27IN6O. The van der Waals surface area contributed by atoms with Crippen molar-refractivity contribution < 1.29 is 4.79 Å². The number of nitrogens with zero attached hydrogens (tertiary/aromatic N) is 3. The zero-order valence-corrected chi connectivity index (χ0v) is 17.7. The molecule has 3 N–H and O–H groups in total. The van der Waals surface area contributed by atoms with Gasteiger partial charge in [0.15, 0.2) is 5.96 Å². The van der Waals surface area contributed by atoms with Gasteiger partial charge < -0.3 is 20.4 Å².